The first-order chi connectivity index (χ1) is 38.5. The molecule has 0 amide bonds. The first-order valence-electron chi connectivity index (χ1n) is 35.3. The minimum absolute atomic E-state index is 0.0683. The van der Waals surface area contributed by atoms with Gasteiger partial charge in [0.25, 0.3) is 0 Å². The zero-order valence-corrected chi connectivity index (χ0v) is 53.0. The molecule has 0 N–H and O–H groups in total. The van der Waals surface area contributed by atoms with E-state index in [-0.39, 0.29) is 31.1 Å². The Kier molecular flexibility index (Phi) is 65.6. The summed E-state index contributed by atoms with van der Waals surface area (Å²) in [5.41, 5.74) is 0. The van der Waals surface area contributed by atoms with Gasteiger partial charge in [0.05, 0.1) is 0 Å². The highest BCUT2D eigenvalue weighted by atomic mass is 16.6. The van der Waals surface area contributed by atoms with Gasteiger partial charge >= 0.3 is 17.9 Å². The molecule has 0 aromatic rings. The number of allylic oxidation sites excluding steroid dienone is 4. The highest BCUT2D eigenvalue weighted by Gasteiger charge is 2.19. The molecule has 0 rings (SSSR count). The molecule has 0 aromatic heterocycles. The van der Waals surface area contributed by atoms with Gasteiger partial charge in [-0.1, -0.05) is 334 Å². The lowest BCUT2D eigenvalue weighted by molar-refractivity contribution is -0.167. The van der Waals surface area contributed by atoms with Crippen molar-refractivity contribution in [3.05, 3.63) is 24.3 Å². The molecule has 0 aliphatic carbocycles. The summed E-state index contributed by atoms with van der Waals surface area (Å²) in [6.45, 7) is 6.72. The second kappa shape index (κ2) is 67.4. The van der Waals surface area contributed by atoms with Crippen molar-refractivity contribution in [3.8, 4) is 0 Å². The van der Waals surface area contributed by atoms with E-state index in [0.717, 1.165) is 57.8 Å². The standard InChI is InChI=1S/C72H136O6/c1-4-7-10-13-16-19-22-25-28-31-34-36-38-41-44-47-50-53-56-59-62-65-71(74)77-68-69(67-76-70(73)64-61-58-55-52-49-46-43-40-33-30-27-24-21-18-15-12-9-6-3)78-72(75)66-63-60-57-54-51-48-45-42-39-37-35-32-29-26-23-20-17-14-11-8-5-2/h30-31,33-34,69H,4-29,32,35-68H2,1-3H3/b33-30-,34-31-. The van der Waals surface area contributed by atoms with Gasteiger partial charge in [0, 0.05) is 19.3 Å². The normalized spacial score (nSPS) is 12.1. The minimum atomic E-state index is -0.772. The summed E-state index contributed by atoms with van der Waals surface area (Å²) in [5.74, 6) is -0.841. The summed E-state index contributed by atoms with van der Waals surface area (Å²) in [5, 5.41) is 0. The van der Waals surface area contributed by atoms with Crippen molar-refractivity contribution < 1.29 is 28.6 Å². The Balaban J connectivity index is 4.31. The van der Waals surface area contributed by atoms with Crippen LogP contribution in [0.4, 0.5) is 0 Å². The summed E-state index contributed by atoms with van der Waals surface area (Å²) in [4.78, 5) is 38.5. The number of carbonyl (C=O) groups excluding carboxylic acids is 3. The molecule has 6 nitrogen and oxygen atoms in total. The average Bonchev–Trinajstić information content (AvgIpc) is 3.44. The van der Waals surface area contributed by atoms with Crippen molar-refractivity contribution >= 4 is 17.9 Å². The van der Waals surface area contributed by atoms with Crippen LogP contribution in [0.2, 0.25) is 0 Å². The van der Waals surface area contributed by atoms with Gasteiger partial charge in [0.1, 0.15) is 13.2 Å². The third-order valence-electron chi connectivity index (χ3n) is 16.2. The topological polar surface area (TPSA) is 78.9 Å². The smallest absolute Gasteiger partial charge is 0.306 e. The third-order valence-corrected chi connectivity index (χ3v) is 16.2. The van der Waals surface area contributed by atoms with E-state index in [0.29, 0.717) is 19.3 Å². The molecule has 0 aliphatic heterocycles. The third kappa shape index (κ3) is 64.7. The van der Waals surface area contributed by atoms with Gasteiger partial charge in [0.15, 0.2) is 6.10 Å². The summed E-state index contributed by atoms with van der Waals surface area (Å²) in [6.07, 6.45) is 82.0. The van der Waals surface area contributed by atoms with E-state index in [1.807, 2.05) is 0 Å². The van der Waals surface area contributed by atoms with Crippen LogP contribution in [0.25, 0.3) is 0 Å². The zero-order chi connectivity index (χ0) is 56.4. The number of ether oxygens (including phenoxy) is 3. The van der Waals surface area contributed by atoms with E-state index >= 15 is 0 Å². The molecule has 0 aliphatic rings. The van der Waals surface area contributed by atoms with Crippen molar-refractivity contribution in [2.45, 2.75) is 406 Å². The maximum atomic E-state index is 13.0. The maximum Gasteiger partial charge on any atom is 0.306 e. The van der Waals surface area contributed by atoms with Crippen LogP contribution < -0.4 is 0 Å². The number of unbranched alkanes of at least 4 members (excludes halogenated alkanes) is 51. The average molecular weight is 1100 g/mol. The van der Waals surface area contributed by atoms with E-state index in [4.69, 9.17) is 14.2 Å². The van der Waals surface area contributed by atoms with E-state index < -0.39 is 6.10 Å². The number of esters is 3. The first kappa shape index (κ1) is 75.9. The molecule has 78 heavy (non-hydrogen) atoms. The van der Waals surface area contributed by atoms with E-state index in [9.17, 15) is 14.4 Å². The molecular formula is C72H136O6. The molecule has 0 saturated heterocycles. The summed E-state index contributed by atoms with van der Waals surface area (Å²) < 4.78 is 17.0. The fourth-order valence-electron chi connectivity index (χ4n) is 10.8. The largest absolute Gasteiger partial charge is 0.462 e. The van der Waals surface area contributed by atoms with Crippen LogP contribution in [0.15, 0.2) is 24.3 Å². The highest BCUT2D eigenvalue weighted by Crippen LogP contribution is 2.18. The number of hydrogen-bond acceptors (Lipinski definition) is 6. The summed E-state index contributed by atoms with van der Waals surface area (Å²) >= 11 is 0. The lowest BCUT2D eigenvalue weighted by Crippen LogP contribution is -2.30. The van der Waals surface area contributed by atoms with Crippen molar-refractivity contribution in [3.63, 3.8) is 0 Å². The van der Waals surface area contributed by atoms with Gasteiger partial charge in [0.2, 0.25) is 0 Å². The van der Waals surface area contributed by atoms with Crippen LogP contribution in [-0.2, 0) is 28.6 Å². The fraction of sp³-hybridized carbons (Fsp3) is 0.903. The van der Waals surface area contributed by atoms with Crippen molar-refractivity contribution in [1.82, 2.24) is 0 Å². The van der Waals surface area contributed by atoms with Gasteiger partial charge in [-0.2, -0.15) is 0 Å². The highest BCUT2D eigenvalue weighted by molar-refractivity contribution is 5.71. The number of carbonyl (C=O) groups is 3. The van der Waals surface area contributed by atoms with Gasteiger partial charge in [-0.3, -0.25) is 14.4 Å². The molecule has 0 heterocycles. The molecule has 1 unspecified atom stereocenters. The molecule has 0 spiro atoms. The predicted octanol–water partition coefficient (Wildman–Crippen LogP) is 24.2. The monoisotopic (exact) mass is 1100 g/mol. The van der Waals surface area contributed by atoms with Crippen molar-refractivity contribution in [2.75, 3.05) is 13.2 Å². The van der Waals surface area contributed by atoms with Gasteiger partial charge in [-0.05, 0) is 70.6 Å². The van der Waals surface area contributed by atoms with E-state index in [2.05, 4.69) is 45.1 Å². The van der Waals surface area contributed by atoms with E-state index in [1.165, 1.54) is 302 Å². The lowest BCUT2D eigenvalue weighted by atomic mass is 10.0. The molecule has 460 valence electrons. The van der Waals surface area contributed by atoms with Crippen LogP contribution in [0.3, 0.4) is 0 Å². The van der Waals surface area contributed by atoms with E-state index in [1.54, 1.807) is 0 Å². The second-order valence-electron chi connectivity index (χ2n) is 24.1. The maximum absolute atomic E-state index is 13.0. The Labute approximate surface area is 487 Å². The zero-order valence-electron chi connectivity index (χ0n) is 53.0. The first-order valence-corrected chi connectivity index (χ1v) is 35.3. The molecular weight excluding hydrogens is 961 g/mol. The minimum Gasteiger partial charge on any atom is -0.462 e. The van der Waals surface area contributed by atoms with Crippen LogP contribution in [0, 0.1) is 0 Å². The molecule has 0 aromatic carbocycles. The van der Waals surface area contributed by atoms with Crippen molar-refractivity contribution in [2.24, 2.45) is 0 Å². The van der Waals surface area contributed by atoms with Crippen LogP contribution in [-0.4, -0.2) is 37.2 Å². The Morgan fingerprint density at radius 3 is 0.641 bits per heavy atom. The Morgan fingerprint density at radius 2 is 0.423 bits per heavy atom. The molecule has 0 fully saturated rings. The molecule has 0 saturated carbocycles. The van der Waals surface area contributed by atoms with Crippen LogP contribution in [0.5, 0.6) is 0 Å². The number of hydrogen-bond donors (Lipinski definition) is 0. The lowest BCUT2D eigenvalue weighted by Gasteiger charge is -2.18. The summed E-state index contributed by atoms with van der Waals surface area (Å²) in [6, 6.07) is 0. The Bertz CT molecular complexity index is 1260. The second-order valence-corrected chi connectivity index (χ2v) is 24.1. The van der Waals surface area contributed by atoms with Gasteiger partial charge in [-0.15, -0.1) is 0 Å². The van der Waals surface area contributed by atoms with Crippen molar-refractivity contribution in [1.29, 1.82) is 0 Å². The Hall–Kier alpha value is -2.11. The van der Waals surface area contributed by atoms with Crippen LogP contribution in [0.1, 0.15) is 400 Å². The van der Waals surface area contributed by atoms with Gasteiger partial charge in [-0.25, -0.2) is 0 Å². The van der Waals surface area contributed by atoms with Crippen LogP contribution >= 0.6 is 0 Å². The summed E-state index contributed by atoms with van der Waals surface area (Å²) in [7, 11) is 0. The molecule has 0 bridgehead atoms. The SMILES string of the molecule is CCCCCCCCC/C=C\CCCCCCCCCC(=O)OCC(COC(=O)CCCCCCCCCCC/C=C\CCCCCCCCCC)OC(=O)CCCCCCCCCCCCCCCCCCCCCCC. The molecule has 6 heteroatoms. The predicted molar refractivity (Wildman–Crippen MR) is 340 cm³/mol. The quantitative estimate of drug-likeness (QED) is 0.0261. The molecule has 1 atom stereocenters. The fourth-order valence-corrected chi connectivity index (χ4v) is 10.8. The molecule has 0 radical (unpaired) electrons. The number of rotatable bonds is 66. The van der Waals surface area contributed by atoms with Gasteiger partial charge < -0.3 is 14.2 Å². The Morgan fingerprint density at radius 1 is 0.244 bits per heavy atom.